The van der Waals surface area contributed by atoms with Gasteiger partial charge in [-0.25, -0.2) is 0 Å². The van der Waals surface area contributed by atoms with Crippen LogP contribution in [0.15, 0.2) is 35.5 Å². The quantitative estimate of drug-likeness (QED) is 0.640. The number of imide groups is 1. The molecule has 5 heteroatoms. The van der Waals surface area contributed by atoms with Gasteiger partial charge in [0.15, 0.2) is 0 Å². The third kappa shape index (κ3) is 3.44. The molecule has 0 radical (unpaired) electrons. The minimum Gasteiger partial charge on any atom is -0.323 e. The molecule has 5 nitrogen and oxygen atoms in total. The molecule has 0 aromatic carbocycles. The molecule has 1 saturated heterocycles. The molecule has 0 aromatic rings. The molecule has 0 bridgehead atoms. The monoisotopic (exact) mass is 316 g/mol. The van der Waals surface area contributed by atoms with Gasteiger partial charge in [-0.15, -0.1) is 0 Å². The van der Waals surface area contributed by atoms with E-state index in [1.54, 1.807) is 17.9 Å². The summed E-state index contributed by atoms with van der Waals surface area (Å²) in [5.74, 6) is -0.792. The molecule has 1 unspecified atom stereocenters. The molecule has 0 aromatic heterocycles. The fourth-order valence-corrected chi connectivity index (χ4v) is 2.88. The summed E-state index contributed by atoms with van der Waals surface area (Å²) in [6.45, 7) is 12.3. The van der Waals surface area contributed by atoms with Crippen LogP contribution in [-0.2, 0) is 14.4 Å². The van der Waals surface area contributed by atoms with E-state index in [-0.39, 0.29) is 29.6 Å². The van der Waals surface area contributed by atoms with Crippen molar-refractivity contribution in [3.05, 3.63) is 35.5 Å². The van der Waals surface area contributed by atoms with Crippen molar-refractivity contribution in [3.8, 4) is 0 Å². The maximum absolute atomic E-state index is 12.5. The maximum Gasteiger partial charge on any atom is 0.250 e. The highest BCUT2D eigenvalue weighted by molar-refractivity contribution is 6.05. The van der Waals surface area contributed by atoms with Crippen molar-refractivity contribution in [1.82, 2.24) is 10.2 Å². The highest BCUT2D eigenvalue weighted by Gasteiger charge is 2.38. The second kappa shape index (κ2) is 6.14. The van der Waals surface area contributed by atoms with Crippen molar-refractivity contribution in [3.63, 3.8) is 0 Å². The van der Waals surface area contributed by atoms with E-state index < -0.39 is 6.04 Å². The molecule has 1 fully saturated rings. The molecule has 2 aliphatic heterocycles. The molecule has 3 amide bonds. The Hall–Kier alpha value is -2.17. The molecule has 2 aliphatic rings. The summed E-state index contributed by atoms with van der Waals surface area (Å²) < 4.78 is 0. The van der Waals surface area contributed by atoms with Gasteiger partial charge in [-0.2, -0.15) is 0 Å². The van der Waals surface area contributed by atoms with Crippen molar-refractivity contribution < 1.29 is 14.4 Å². The Bertz CT molecular complexity index is 635. The molecule has 1 atom stereocenters. The second-order valence-electron chi connectivity index (χ2n) is 7.10. The van der Waals surface area contributed by atoms with E-state index in [0.717, 1.165) is 11.1 Å². The molecule has 2 rings (SSSR count). The lowest BCUT2D eigenvalue weighted by molar-refractivity contribution is -0.142. The topological polar surface area (TPSA) is 66.5 Å². The lowest BCUT2D eigenvalue weighted by Crippen LogP contribution is -2.53. The first kappa shape index (κ1) is 17.2. The summed E-state index contributed by atoms with van der Waals surface area (Å²) in [7, 11) is 0. The predicted octanol–water partition coefficient (Wildman–Crippen LogP) is 2.11. The molecule has 1 N–H and O–H groups in total. The number of carbonyl (C=O) groups is 3. The number of piperidine rings is 1. The average Bonchev–Trinajstić information content (AvgIpc) is 2.71. The Morgan fingerprint density at radius 1 is 1.30 bits per heavy atom. The third-order valence-electron chi connectivity index (χ3n) is 4.41. The van der Waals surface area contributed by atoms with Crippen LogP contribution < -0.4 is 5.32 Å². The molecule has 2 heterocycles. The van der Waals surface area contributed by atoms with Gasteiger partial charge in [0.25, 0.3) is 5.91 Å². The summed E-state index contributed by atoms with van der Waals surface area (Å²) in [5.41, 5.74) is 2.53. The second-order valence-corrected chi connectivity index (χ2v) is 7.10. The van der Waals surface area contributed by atoms with Crippen molar-refractivity contribution >= 4 is 17.7 Å². The summed E-state index contributed by atoms with van der Waals surface area (Å²) in [6, 6.07) is -0.567. The highest BCUT2D eigenvalue weighted by atomic mass is 16.2. The van der Waals surface area contributed by atoms with Crippen molar-refractivity contribution in [2.24, 2.45) is 5.41 Å². The van der Waals surface area contributed by atoms with Gasteiger partial charge in [0.1, 0.15) is 6.04 Å². The summed E-state index contributed by atoms with van der Waals surface area (Å²) in [5, 5.41) is 2.31. The molecular weight excluding hydrogens is 292 g/mol. The first-order valence-electron chi connectivity index (χ1n) is 7.84. The van der Waals surface area contributed by atoms with Crippen LogP contribution in [0, 0.1) is 5.41 Å². The van der Waals surface area contributed by atoms with Gasteiger partial charge in [0, 0.05) is 18.5 Å². The number of hydrogen-bond donors (Lipinski definition) is 1. The number of rotatable bonds is 3. The number of hydrogen-bond acceptors (Lipinski definition) is 3. The van der Waals surface area contributed by atoms with Crippen molar-refractivity contribution in [1.29, 1.82) is 0 Å². The Kier molecular flexibility index (Phi) is 4.59. The fourth-order valence-electron chi connectivity index (χ4n) is 2.88. The highest BCUT2D eigenvalue weighted by Crippen LogP contribution is 2.31. The molecule has 23 heavy (non-hydrogen) atoms. The number of nitrogens with zero attached hydrogens (tertiary/aromatic N) is 1. The van der Waals surface area contributed by atoms with E-state index in [9.17, 15) is 14.4 Å². The predicted molar refractivity (Wildman–Crippen MR) is 88.3 cm³/mol. The van der Waals surface area contributed by atoms with E-state index in [2.05, 4.69) is 32.7 Å². The van der Waals surface area contributed by atoms with Crippen LogP contribution in [0.25, 0.3) is 0 Å². The van der Waals surface area contributed by atoms with Crippen LogP contribution in [-0.4, -0.2) is 35.2 Å². The van der Waals surface area contributed by atoms with Gasteiger partial charge >= 0.3 is 0 Å². The number of amides is 3. The van der Waals surface area contributed by atoms with Crippen LogP contribution >= 0.6 is 0 Å². The first-order valence-corrected chi connectivity index (χ1v) is 7.84. The Balaban J connectivity index is 2.25. The molecule has 0 saturated carbocycles. The molecular formula is C18H24N2O3. The van der Waals surface area contributed by atoms with E-state index in [4.69, 9.17) is 0 Å². The molecule has 0 spiro atoms. The SMILES string of the molecule is C=C/C(=C\C1=C(C)C(=O)N(C2CCC(=O)NC2=O)C1)C(C)(C)C. The van der Waals surface area contributed by atoms with Crippen LogP contribution in [0.5, 0.6) is 0 Å². The number of carbonyl (C=O) groups excluding carboxylic acids is 3. The van der Waals surface area contributed by atoms with E-state index in [0.29, 0.717) is 18.5 Å². The van der Waals surface area contributed by atoms with Gasteiger partial charge in [-0.05, 0) is 29.9 Å². The minimum absolute atomic E-state index is 0.0693. The Morgan fingerprint density at radius 3 is 2.48 bits per heavy atom. The van der Waals surface area contributed by atoms with Gasteiger partial charge in [-0.1, -0.05) is 39.5 Å². The zero-order chi connectivity index (χ0) is 17.4. The van der Waals surface area contributed by atoms with E-state index in [1.807, 2.05) is 6.08 Å². The maximum atomic E-state index is 12.5. The van der Waals surface area contributed by atoms with Crippen molar-refractivity contribution in [2.75, 3.05) is 6.54 Å². The van der Waals surface area contributed by atoms with Crippen molar-refractivity contribution in [2.45, 2.75) is 46.6 Å². The van der Waals surface area contributed by atoms with Crippen LogP contribution in [0.1, 0.15) is 40.5 Å². The summed E-state index contributed by atoms with van der Waals surface area (Å²) in [4.78, 5) is 37.4. The zero-order valence-corrected chi connectivity index (χ0v) is 14.2. The van der Waals surface area contributed by atoms with Crippen LogP contribution in [0.4, 0.5) is 0 Å². The number of allylic oxidation sites excluding steroid dienone is 2. The normalized spacial score (nSPS) is 23.5. The fraction of sp³-hybridized carbons (Fsp3) is 0.500. The third-order valence-corrected chi connectivity index (χ3v) is 4.41. The van der Waals surface area contributed by atoms with Gasteiger partial charge in [0.2, 0.25) is 11.8 Å². The van der Waals surface area contributed by atoms with E-state index >= 15 is 0 Å². The zero-order valence-electron chi connectivity index (χ0n) is 14.2. The Labute approximate surface area is 137 Å². The van der Waals surface area contributed by atoms with Gasteiger partial charge in [0.05, 0.1) is 0 Å². The van der Waals surface area contributed by atoms with Crippen LogP contribution in [0.3, 0.4) is 0 Å². The minimum atomic E-state index is -0.567. The Morgan fingerprint density at radius 2 is 1.96 bits per heavy atom. The first-order chi connectivity index (χ1) is 10.6. The van der Waals surface area contributed by atoms with E-state index in [1.165, 1.54) is 0 Å². The number of nitrogens with one attached hydrogen (secondary N) is 1. The lowest BCUT2D eigenvalue weighted by atomic mass is 9.85. The van der Waals surface area contributed by atoms with Gasteiger partial charge in [-0.3, -0.25) is 19.7 Å². The summed E-state index contributed by atoms with van der Waals surface area (Å²) >= 11 is 0. The van der Waals surface area contributed by atoms with Crippen LogP contribution in [0.2, 0.25) is 0 Å². The smallest absolute Gasteiger partial charge is 0.250 e. The largest absolute Gasteiger partial charge is 0.323 e. The standard InChI is InChI=1S/C18H24N2O3/c1-6-13(18(3,4)5)9-12-10-20(17(23)11(12)2)14-7-8-15(21)19-16(14)22/h6,9,14H,1,7-8,10H2,2-5H3,(H,19,21,22)/b13-9+. The lowest BCUT2D eigenvalue weighted by Gasteiger charge is -2.30. The molecule has 124 valence electrons. The van der Waals surface area contributed by atoms with Gasteiger partial charge < -0.3 is 4.90 Å². The molecule has 0 aliphatic carbocycles. The summed E-state index contributed by atoms with van der Waals surface area (Å²) in [6.07, 6.45) is 4.45. The average molecular weight is 316 g/mol.